The lowest BCUT2D eigenvalue weighted by molar-refractivity contribution is 0.122. The van der Waals surface area contributed by atoms with Crippen molar-refractivity contribution in [1.82, 2.24) is 19.9 Å². The van der Waals surface area contributed by atoms with Crippen molar-refractivity contribution in [3.05, 3.63) is 36.3 Å². The zero-order valence-corrected chi connectivity index (χ0v) is 15.5. The number of fused-ring (bicyclic) bond motifs is 1. The van der Waals surface area contributed by atoms with E-state index in [4.69, 9.17) is 20.4 Å². The van der Waals surface area contributed by atoms with Crippen molar-refractivity contribution in [2.24, 2.45) is 0 Å². The first-order valence-electron chi connectivity index (χ1n) is 8.92. The third-order valence-corrected chi connectivity index (χ3v) is 5.64. The largest absolute Gasteiger partial charge is 0.389 e. The van der Waals surface area contributed by atoms with Crippen LogP contribution in [0.25, 0.3) is 10.7 Å². The fourth-order valence-corrected chi connectivity index (χ4v) is 4.20. The Morgan fingerprint density at radius 2 is 1.89 bits per heavy atom. The normalized spacial score (nSPS) is 16.6. The van der Waals surface area contributed by atoms with Gasteiger partial charge in [-0.1, -0.05) is 11.3 Å². The number of nitrogens with two attached hydrogens (primary N) is 1. The van der Waals surface area contributed by atoms with Crippen molar-refractivity contribution in [1.29, 1.82) is 0 Å². The summed E-state index contributed by atoms with van der Waals surface area (Å²) in [6.07, 6.45) is 6.17. The number of ether oxygens (including phenoxy) is 1. The predicted octanol–water partition coefficient (Wildman–Crippen LogP) is 2.11. The van der Waals surface area contributed by atoms with Crippen LogP contribution in [0.4, 0.5) is 22.5 Å². The van der Waals surface area contributed by atoms with E-state index in [1.807, 2.05) is 12.1 Å². The van der Waals surface area contributed by atoms with Crippen LogP contribution in [0.3, 0.4) is 0 Å². The van der Waals surface area contributed by atoms with E-state index in [2.05, 4.69) is 19.8 Å². The molecule has 0 atom stereocenters. The summed E-state index contributed by atoms with van der Waals surface area (Å²) in [5.41, 5.74) is 9.02. The average Bonchev–Trinajstić information content (AvgIpc) is 3.35. The Morgan fingerprint density at radius 1 is 1.07 bits per heavy atom. The van der Waals surface area contributed by atoms with Crippen LogP contribution in [-0.4, -0.2) is 52.8 Å². The summed E-state index contributed by atoms with van der Waals surface area (Å²) in [4.78, 5) is 22.8. The number of hydrogen-bond donors (Lipinski definition) is 1. The maximum absolute atomic E-state index is 5.93. The molecule has 0 saturated carbocycles. The Labute approximate surface area is 160 Å². The molecule has 8 nitrogen and oxygen atoms in total. The van der Waals surface area contributed by atoms with Crippen molar-refractivity contribution in [3.8, 4) is 10.7 Å². The van der Waals surface area contributed by atoms with Gasteiger partial charge in [0.1, 0.15) is 21.5 Å². The van der Waals surface area contributed by atoms with Crippen LogP contribution in [0.15, 0.2) is 30.7 Å². The summed E-state index contributed by atoms with van der Waals surface area (Å²) in [7, 11) is 0. The van der Waals surface area contributed by atoms with E-state index in [1.54, 1.807) is 18.6 Å². The maximum Gasteiger partial charge on any atom is 0.228 e. The summed E-state index contributed by atoms with van der Waals surface area (Å²) >= 11 is 1.46. The topological polar surface area (TPSA) is 93.3 Å². The molecular formula is C18H19N7OS. The van der Waals surface area contributed by atoms with Gasteiger partial charge < -0.3 is 20.3 Å². The molecule has 0 aromatic carbocycles. The van der Waals surface area contributed by atoms with Gasteiger partial charge in [-0.3, -0.25) is 4.98 Å². The Bertz CT molecular complexity index is 956. The van der Waals surface area contributed by atoms with E-state index in [0.29, 0.717) is 18.2 Å². The third kappa shape index (κ3) is 2.98. The monoisotopic (exact) mass is 381 g/mol. The van der Waals surface area contributed by atoms with Crippen molar-refractivity contribution in [2.45, 2.75) is 6.42 Å². The number of morpholine rings is 1. The van der Waals surface area contributed by atoms with Crippen molar-refractivity contribution < 1.29 is 4.74 Å². The molecule has 3 aromatic rings. The Hall–Kier alpha value is -2.78. The molecule has 1 fully saturated rings. The van der Waals surface area contributed by atoms with Crippen LogP contribution in [0, 0.1) is 0 Å². The Morgan fingerprint density at radius 3 is 2.63 bits per heavy atom. The second-order valence-electron chi connectivity index (χ2n) is 6.45. The van der Waals surface area contributed by atoms with Crippen LogP contribution in [0.1, 0.15) is 5.56 Å². The molecule has 2 aliphatic rings. The van der Waals surface area contributed by atoms with Gasteiger partial charge in [0.05, 0.1) is 19.4 Å². The summed E-state index contributed by atoms with van der Waals surface area (Å²) in [5.74, 6) is 1.67. The van der Waals surface area contributed by atoms with Gasteiger partial charge in [-0.05, 0) is 18.6 Å². The number of aromatic nitrogens is 4. The number of hydrogen-bond acceptors (Lipinski definition) is 9. The summed E-state index contributed by atoms with van der Waals surface area (Å²) in [6.45, 7) is 3.80. The minimum atomic E-state index is 0.689. The van der Waals surface area contributed by atoms with E-state index >= 15 is 0 Å². The standard InChI is InChI=1S/C18H19N7OS/c19-14-11-21-17(27-14)15-13-3-6-25(12-1-4-20-5-2-12)16(13)23-18(22-15)24-7-9-26-10-8-24/h1-2,4-5,11H,3,6-10,19H2. The lowest BCUT2D eigenvalue weighted by Crippen LogP contribution is -2.37. The predicted molar refractivity (Wildman–Crippen MR) is 106 cm³/mol. The second kappa shape index (κ2) is 6.75. The van der Waals surface area contributed by atoms with Crippen molar-refractivity contribution in [3.63, 3.8) is 0 Å². The minimum Gasteiger partial charge on any atom is -0.389 e. The smallest absolute Gasteiger partial charge is 0.228 e. The van der Waals surface area contributed by atoms with Crippen LogP contribution in [0.2, 0.25) is 0 Å². The van der Waals surface area contributed by atoms with Gasteiger partial charge in [0.25, 0.3) is 0 Å². The van der Waals surface area contributed by atoms with Gasteiger partial charge in [-0.2, -0.15) is 4.98 Å². The SMILES string of the molecule is Nc1cnc(-c2nc(N3CCOCC3)nc3c2CCN3c2ccncc2)s1. The second-order valence-corrected chi connectivity index (χ2v) is 7.51. The number of anilines is 4. The molecule has 0 bridgehead atoms. The molecule has 0 aliphatic carbocycles. The zero-order chi connectivity index (χ0) is 18.2. The molecule has 27 heavy (non-hydrogen) atoms. The zero-order valence-electron chi connectivity index (χ0n) is 14.7. The number of rotatable bonds is 3. The molecule has 2 N–H and O–H groups in total. The van der Waals surface area contributed by atoms with Gasteiger partial charge >= 0.3 is 0 Å². The first-order chi connectivity index (χ1) is 13.3. The Balaban J connectivity index is 1.64. The van der Waals surface area contributed by atoms with E-state index in [9.17, 15) is 0 Å². The van der Waals surface area contributed by atoms with Crippen LogP contribution in [0.5, 0.6) is 0 Å². The molecule has 0 spiro atoms. The molecule has 0 amide bonds. The quantitative estimate of drug-likeness (QED) is 0.737. The number of nitrogens with zero attached hydrogens (tertiary/aromatic N) is 6. The summed E-state index contributed by atoms with van der Waals surface area (Å²) in [6, 6.07) is 4.01. The summed E-state index contributed by atoms with van der Waals surface area (Å²) in [5, 5.41) is 1.53. The van der Waals surface area contributed by atoms with Crippen molar-refractivity contribution >= 4 is 33.8 Å². The molecule has 1 saturated heterocycles. The molecule has 5 rings (SSSR count). The Kier molecular flexibility index (Phi) is 4.10. The lowest BCUT2D eigenvalue weighted by Gasteiger charge is -2.28. The van der Waals surface area contributed by atoms with E-state index in [-0.39, 0.29) is 0 Å². The highest BCUT2D eigenvalue weighted by Crippen LogP contribution is 2.40. The molecule has 138 valence electrons. The first-order valence-corrected chi connectivity index (χ1v) is 9.74. The average molecular weight is 381 g/mol. The van der Waals surface area contributed by atoms with E-state index in [1.165, 1.54) is 11.3 Å². The maximum atomic E-state index is 5.93. The molecule has 3 aromatic heterocycles. The van der Waals surface area contributed by atoms with Crippen LogP contribution >= 0.6 is 11.3 Å². The van der Waals surface area contributed by atoms with Crippen LogP contribution < -0.4 is 15.5 Å². The van der Waals surface area contributed by atoms with Gasteiger partial charge in [0.2, 0.25) is 5.95 Å². The molecule has 5 heterocycles. The molecule has 0 unspecified atom stereocenters. The number of thiazole rings is 1. The van der Waals surface area contributed by atoms with E-state index in [0.717, 1.165) is 59.8 Å². The fraction of sp³-hybridized carbons (Fsp3) is 0.333. The van der Waals surface area contributed by atoms with Gasteiger partial charge in [-0.15, -0.1) is 0 Å². The van der Waals surface area contributed by atoms with Gasteiger partial charge in [-0.25, -0.2) is 9.97 Å². The molecule has 0 radical (unpaired) electrons. The summed E-state index contributed by atoms with van der Waals surface area (Å²) < 4.78 is 5.48. The fourth-order valence-electron chi connectivity index (χ4n) is 3.50. The van der Waals surface area contributed by atoms with Gasteiger partial charge in [0.15, 0.2) is 0 Å². The van der Waals surface area contributed by atoms with Crippen molar-refractivity contribution in [2.75, 3.05) is 48.4 Å². The lowest BCUT2D eigenvalue weighted by atomic mass is 10.2. The molecular weight excluding hydrogens is 362 g/mol. The van der Waals surface area contributed by atoms with E-state index < -0.39 is 0 Å². The highest BCUT2D eigenvalue weighted by atomic mass is 32.1. The molecule has 9 heteroatoms. The highest BCUT2D eigenvalue weighted by molar-refractivity contribution is 7.18. The highest BCUT2D eigenvalue weighted by Gasteiger charge is 2.29. The van der Waals surface area contributed by atoms with Gasteiger partial charge in [0, 0.05) is 43.3 Å². The molecule has 2 aliphatic heterocycles. The minimum absolute atomic E-state index is 0.689. The number of nitrogen functional groups attached to an aromatic ring is 1. The first kappa shape index (κ1) is 16.4. The van der Waals surface area contributed by atoms with Crippen LogP contribution in [-0.2, 0) is 11.2 Å². The number of pyridine rings is 1. The third-order valence-electron chi connectivity index (χ3n) is 4.81.